The molecule has 1 aromatic heterocycles. The summed E-state index contributed by atoms with van der Waals surface area (Å²) in [4.78, 5) is 12.2. The zero-order valence-corrected chi connectivity index (χ0v) is 14.2. The minimum atomic E-state index is -0.402. The van der Waals surface area contributed by atoms with Gasteiger partial charge in [-0.25, -0.2) is 0 Å². The first-order valence-corrected chi connectivity index (χ1v) is 8.35. The highest BCUT2D eigenvalue weighted by Gasteiger charge is 2.10. The molecule has 0 spiro atoms. The van der Waals surface area contributed by atoms with Crippen molar-refractivity contribution in [2.45, 2.75) is 6.42 Å². The molecule has 0 atom stereocenters. The summed E-state index contributed by atoms with van der Waals surface area (Å²) < 4.78 is 5.72. The van der Waals surface area contributed by atoms with E-state index in [0.29, 0.717) is 24.5 Å². The summed E-state index contributed by atoms with van der Waals surface area (Å²) >= 11 is 0. The Labute approximate surface area is 152 Å². The third-order valence-corrected chi connectivity index (χ3v) is 3.88. The Balaban J connectivity index is 1.63. The minimum absolute atomic E-state index is 0.0204. The van der Waals surface area contributed by atoms with Crippen LogP contribution in [0.3, 0.4) is 0 Å². The summed E-state index contributed by atoms with van der Waals surface area (Å²) in [6.07, 6.45) is 2.18. The lowest BCUT2D eigenvalue weighted by Gasteiger charge is -2.04. The fraction of sp³-hybridized carbons (Fsp3) is 0.0909. The summed E-state index contributed by atoms with van der Waals surface area (Å²) in [7, 11) is 0. The Morgan fingerprint density at radius 1 is 1.00 bits per heavy atom. The molecule has 0 aliphatic rings. The molecule has 4 nitrogen and oxygen atoms in total. The van der Waals surface area contributed by atoms with E-state index in [1.807, 2.05) is 72.8 Å². The van der Waals surface area contributed by atoms with Gasteiger partial charge in [0.25, 0.3) is 5.91 Å². The Morgan fingerprint density at radius 2 is 1.69 bits per heavy atom. The molecule has 0 aliphatic carbocycles. The number of carbonyl (C=O) groups is 1. The Hall–Kier alpha value is -3.58. The van der Waals surface area contributed by atoms with Crippen LogP contribution in [0.5, 0.6) is 0 Å². The number of nitrogens with zero attached hydrogens (tertiary/aromatic N) is 1. The number of rotatable bonds is 6. The molecule has 0 aliphatic heterocycles. The molecule has 1 N–H and O–H groups in total. The fourth-order valence-corrected chi connectivity index (χ4v) is 2.54. The van der Waals surface area contributed by atoms with Gasteiger partial charge in [-0.1, -0.05) is 60.7 Å². The van der Waals surface area contributed by atoms with Crippen molar-refractivity contribution < 1.29 is 9.21 Å². The molecule has 0 unspecified atom stereocenters. The van der Waals surface area contributed by atoms with Crippen LogP contribution < -0.4 is 5.32 Å². The highest BCUT2D eigenvalue weighted by atomic mass is 16.3. The second kappa shape index (κ2) is 8.50. The number of hydrogen-bond acceptors (Lipinski definition) is 3. The normalized spacial score (nSPS) is 11.0. The van der Waals surface area contributed by atoms with Crippen LogP contribution in [-0.2, 0) is 11.2 Å². The largest absolute Gasteiger partial charge is 0.457 e. The summed E-state index contributed by atoms with van der Waals surface area (Å²) in [6.45, 7) is 0.468. The maximum absolute atomic E-state index is 12.2. The predicted octanol–water partition coefficient (Wildman–Crippen LogP) is 4.21. The molecule has 0 radical (unpaired) electrons. The SMILES string of the molecule is N#C/C(=C/c1ccc(-c2ccccc2)o1)C(=O)NCCc1ccccc1. The number of amides is 1. The van der Waals surface area contributed by atoms with Crippen LogP contribution in [0.1, 0.15) is 11.3 Å². The van der Waals surface area contributed by atoms with Crippen LogP contribution in [0.25, 0.3) is 17.4 Å². The van der Waals surface area contributed by atoms with Gasteiger partial charge < -0.3 is 9.73 Å². The van der Waals surface area contributed by atoms with E-state index in [4.69, 9.17) is 4.42 Å². The van der Waals surface area contributed by atoms with Crippen LogP contribution in [0.2, 0.25) is 0 Å². The average Bonchev–Trinajstić information content (AvgIpc) is 3.16. The van der Waals surface area contributed by atoms with Crippen molar-refractivity contribution in [3.8, 4) is 17.4 Å². The monoisotopic (exact) mass is 342 g/mol. The van der Waals surface area contributed by atoms with Gasteiger partial charge in [0, 0.05) is 18.2 Å². The predicted molar refractivity (Wildman–Crippen MR) is 101 cm³/mol. The van der Waals surface area contributed by atoms with Crippen molar-refractivity contribution in [2.24, 2.45) is 0 Å². The van der Waals surface area contributed by atoms with E-state index in [0.717, 1.165) is 11.1 Å². The van der Waals surface area contributed by atoms with Crippen LogP contribution >= 0.6 is 0 Å². The van der Waals surface area contributed by atoms with Crippen molar-refractivity contribution >= 4 is 12.0 Å². The van der Waals surface area contributed by atoms with E-state index in [2.05, 4.69) is 5.32 Å². The molecule has 1 amide bonds. The van der Waals surface area contributed by atoms with Crippen LogP contribution in [0.15, 0.2) is 82.8 Å². The van der Waals surface area contributed by atoms with Gasteiger partial charge >= 0.3 is 0 Å². The first kappa shape index (κ1) is 17.2. The van der Waals surface area contributed by atoms with Gasteiger partial charge in [0.2, 0.25) is 0 Å². The maximum Gasteiger partial charge on any atom is 0.262 e. The molecule has 0 bridgehead atoms. The van der Waals surface area contributed by atoms with Crippen molar-refractivity contribution in [2.75, 3.05) is 6.54 Å². The van der Waals surface area contributed by atoms with Gasteiger partial charge in [-0.15, -0.1) is 0 Å². The first-order valence-electron chi connectivity index (χ1n) is 8.35. The maximum atomic E-state index is 12.2. The van der Waals surface area contributed by atoms with E-state index >= 15 is 0 Å². The quantitative estimate of drug-likeness (QED) is 0.539. The van der Waals surface area contributed by atoms with Gasteiger partial charge in [0.05, 0.1) is 0 Å². The van der Waals surface area contributed by atoms with Gasteiger partial charge in [-0.2, -0.15) is 5.26 Å². The Morgan fingerprint density at radius 3 is 2.38 bits per heavy atom. The molecule has 3 rings (SSSR count). The average molecular weight is 342 g/mol. The summed E-state index contributed by atoms with van der Waals surface area (Å²) in [5, 5.41) is 12.0. The standard InChI is InChI=1S/C22H18N2O2/c23-16-19(22(25)24-14-13-17-7-3-1-4-8-17)15-20-11-12-21(26-20)18-9-5-2-6-10-18/h1-12,15H,13-14H2,(H,24,25)/b19-15-. The van der Waals surface area contributed by atoms with Gasteiger partial charge in [0.15, 0.2) is 0 Å². The van der Waals surface area contributed by atoms with Crippen molar-refractivity contribution in [1.29, 1.82) is 5.26 Å². The minimum Gasteiger partial charge on any atom is -0.457 e. The third kappa shape index (κ3) is 4.49. The van der Waals surface area contributed by atoms with Crippen molar-refractivity contribution in [1.82, 2.24) is 5.32 Å². The van der Waals surface area contributed by atoms with E-state index in [9.17, 15) is 10.1 Å². The van der Waals surface area contributed by atoms with Gasteiger partial charge in [0.1, 0.15) is 23.2 Å². The summed E-state index contributed by atoms with van der Waals surface area (Å²) in [6, 6.07) is 25.0. The lowest BCUT2D eigenvalue weighted by atomic mass is 10.1. The van der Waals surface area contributed by atoms with Gasteiger partial charge in [-0.3, -0.25) is 4.79 Å². The van der Waals surface area contributed by atoms with Crippen molar-refractivity contribution in [3.05, 3.63) is 89.7 Å². The molecule has 2 aromatic carbocycles. The highest BCUT2D eigenvalue weighted by molar-refractivity contribution is 6.01. The zero-order chi connectivity index (χ0) is 18.2. The number of nitriles is 1. The molecule has 3 aromatic rings. The molecule has 1 heterocycles. The number of benzene rings is 2. The van der Waals surface area contributed by atoms with E-state index in [-0.39, 0.29) is 5.57 Å². The molecule has 4 heteroatoms. The second-order valence-electron chi connectivity index (χ2n) is 5.73. The molecule has 26 heavy (non-hydrogen) atoms. The van der Waals surface area contributed by atoms with E-state index < -0.39 is 5.91 Å². The molecule has 0 saturated carbocycles. The lowest BCUT2D eigenvalue weighted by Crippen LogP contribution is -2.26. The topological polar surface area (TPSA) is 66.0 Å². The van der Waals surface area contributed by atoms with Crippen LogP contribution in [-0.4, -0.2) is 12.5 Å². The van der Waals surface area contributed by atoms with E-state index in [1.165, 1.54) is 6.08 Å². The molecule has 128 valence electrons. The molecular formula is C22H18N2O2. The zero-order valence-electron chi connectivity index (χ0n) is 14.2. The number of nitrogens with one attached hydrogen (secondary N) is 1. The second-order valence-corrected chi connectivity index (χ2v) is 5.73. The fourth-order valence-electron chi connectivity index (χ4n) is 2.54. The number of furan rings is 1. The van der Waals surface area contributed by atoms with Gasteiger partial charge in [-0.05, 0) is 24.1 Å². The Kier molecular flexibility index (Phi) is 5.64. The van der Waals surface area contributed by atoms with Crippen molar-refractivity contribution in [3.63, 3.8) is 0 Å². The highest BCUT2D eigenvalue weighted by Crippen LogP contribution is 2.23. The summed E-state index contributed by atoms with van der Waals surface area (Å²) in [5.41, 5.74) is 2.10. The van der Waals surface area contributed by atoms with Crippen LogP contribution in [0.4, 0.5) is 0 Å². The molecular weight excluding hydrogens is 324 g/mol. The first-order chi connectivity index (χ1) is 12.8. The van der Waals surface area contributed by atoms with Crippen LogP contribution in [0, 0.1) is 11.3 Å². The molecule has 0 saturated heterocycles. The Bertz CT molecular complexity index is 935. The number of carbonyl (C=O) groups excluding carboxylic acids is 1. The lowest BCUT2D eigenvalue weighted by molar-refractivity contribution is -0.117. The number of hydrogen-bond donors (Lipinski definition) is 1. The molecule has 0 fully saturated rings. The smallest absolute Gasteiger partial charge is 0.262 e. The summed E-state index contributed by atoms with van der Waals surface area (Å²) in [5.74, 6) is 0.762. The third-order valence-electron chi connectivity index (χ3n) is 3.88. The van der Waals surface area contributed by atoms with E-state index in [1.54, 1.807) is 6.07 Å².